The molecule has 3 aromatic rings. The van der Waals surface area contributed by atoms with E-state index in [1.165, 1.54) is 11.8 Å². The standard InChI is InChI=1S/C23H21N3O2S/c1-4-26-19-10-9-17(25-21(27)16-8-7-14(2)15(3)12-16)13-20(19)29-22-18(23(26)28)6-5-11-24-22/h5-13H,4H2,1-3H3,(H,25,27). The van der Waals surface area contributed by atoms with E-state index >= 15 is 0 Å². The van der Waals surface area contributed by atoms with Gasteiger partial charge in [0.15, 0.2) is 0 Å². The Bertz CT molecular complexity index is 1130. The lowest BCUT2D eigenvalue weighted by Crippen LogP contribution is -2.30. The molecule has 0 atom stereocenters. The Morgan fingerprint density at radius 3 is 2.69 bits per heavy atom. The molecule has 1 aliphatic rings. The number of benzene rings is 2. The number of hydrogen-bond donors (Lipinski definition) is 1. The molecule has 0 saturated heterocycles. The van der Waals surface area contributed by atoms with Gasteiger partial charge in [0.2, 0.25) is 0 Å². The third-order valence-electron chi connectivity index (χ3n) is 5.05. The van der Waals surface area contributed by atoms with Gasteiger partial charge in [-0.25, -0.2) is 4.98 Å². The first-order valence-electron chi connectivity index (χ1n) is 9.45. The summed E-state index contributed by atoms with van der Waals surface area (Å²) in [5, 5.41) is 3.64. The van der Waals surface area contributed by atoms with Crippen LogP contribution in [0.5, 0.6) is 0 Å². The second kappa shape index (κ2) is 7.72. The van der Waals surface area contributed by atoms with Crippen molar-refractivity contribution in [2.45, 2.75) is 30.7 Å². The summed E-state index contributed by atoms with van der Waals surface area (Å²) >= 11 is 1.44. The number of amides is 2. The van der Waals surface area contributed by atoms with Gasteiger partial charge in [-0.3, -0.25) is 9.59 Å². The number of rotatable bonds is 3. The summed E-state index contributed by atoms with van der Waals surface area (Å²) in [4.78, 5) is 32.6. The van der Waals surface area contributed by atoms with Crippen LogP contribution in [0.1, 0.15) is 38.8 Å². The molecule has 1 N–H and O–H groups in total. The molecule has 146 valence electrons. The highest BCUT2D eigenvalue weighted by Crippen LogP contribution is 2.41. The van der Waals surface area contributed by atoms with Crippen LogP contribution >= 0.6 is 11.8 Å². The summed E-state index contributed by atoms with van der Waals surface area (Å²) in [5.41, 5.74) is 4.95. The van der Waals surface area contributed by atoms with Crippen molar-refractivity contribution in [1.29, 1.82) is 0 Å². The summed E-state index contributed by atoms with van der Waals surface area (Å²) in [6, 6.07) is 14.9. The molecule has 0 saturated carbocycles. The minimum absolute atomic E-state index is 0.0613. The van der Waals surface area contributed by atoms with E-state index in [1.807, 2.05) is 57.2 Å². The van der Waals surface area contributed by atoms with Gasteiger partial charge in [0.25, 0.3) is 11.8 Å². The van der Waals surface area contributed by atoms with Gasteiger partial charge in [-0.2, -0.15) is 0 Å². The summed E-state index contributed by atoms with van der Waals surface area (Å²) < 4.78 is 0. The second-order valence-electron chi connectivity index (χ2n) is 6.94. The molecule has 2 aromatic carbocycles. The number of carbonyl (C=O) groups excluding carboxylic acids is 2. The molecular formula is C23H21N3O2S. The molecule has 0 unspecified atom stereocenters. The molecule has 0 spiro atoms. The molecule has 6 heteroatoms. The maximum absolute atomic E-state index is 12.9. The zero-order valence-corrected chi connectivity index (χ0v) is 17.3. The average Bonchev–Trinajstić information content (AvgIpc) is 2.83. The average molecular weight is 404 g/mol. The summed E-state index contributed by atoms with van der Waals surface area (Å²) in [6.07, 6.45) is 1.69. The summed E-state index contributed by atoms with van der Waals surface area (Å²) in [7, 11) is 0. The van der Waals surface area contributed by atoms with Gasteiger partial charge in [-0.1, -0.05) is 17.8 Å². The number of aryl methyl sites for hydroxylation is 2. The highest BCUT2D eigenvalue weighted by Gasteiger charge is 2.27. The number of fused-ring (bicyclic) bond motifs is 2. The van der Waals surface area contributed by atoms with Crippen LogP contribution in [0.2, 0.25) is 0 Å². The fourth-order valence-electron chi connectivity index (χ4n) is 3.29. The molecule has 0 fully saturated rings. The van der Waals surface area contributed by atoms with Crippen molar-refractivity contribution < 1.29 is 9.59 Å². The Balaban J connectivity index is 1.68. The van der Waals surface area contributed by atoms with Gasteiger partial charge in [-0.15, -0.1) is 0 Å². The molecule has 2 heterocycles. The fraction of sp³-hybridized carbons (Fsp3) is 0.174. The van der Waals surface area contributed by atoms with Crippen LogP contribution < -0.4 is 10.2 Å². The number of anilines is 2. The maximum atomic E-state index is 12.9. The topological polar surface area (TPSA) is 62.3 Å². The number of aromatic nitrogens is 1. The van der Waals surface area contributed by atoms with Crippen LogP contribution in [0.4, 0.5) is 11.4 Å². The Kier molecular flexibility index (Phi) is 5.11. The highest BCUT2D eigenvalue weighted by molar-refractivity contribution is 7.99. The van der Waals surface area contributed by atoms with Crippen LogP contribution in [0.25, 0.3) is 0 Å². The minimum Gasteiger partial charge on any atom is -0.322 e. The van der Waals surface area contributed by atoms with E-state index in [-0.39, 0.29) is 11.8 Å². The number of nitrogens with one attached hydrogen (secondary N) is 1. The van der Waals surface area contributed by atoms with Crippen molar-refractivity contribution >= 4 is 35.0 Å². The SMILES string of the molecule is CCN1C(=O)c2cccnc2Sc2cc(NC(=O)c3ccc(C)c(C)c3)ccc21. The van der Waals surface area contributed by atoms with E-state index < -0.39 is 0 Å². The number of nitrogens with zero attached hydrogens (tertiary/aromatic N) is 2. The van der Waals surface area contributed by atoms with Crippen LogP contribution in [-0.2, 0) is 0 Å². The summed E-state index contributed by atoms with van der Waals surface area (Å²) in [5.74, 6) is -0.220. The molecule has 1 aromatic heterocycles. The van der Waals surface area contributed by atoms with E-state index in [0.29, 0.717) is 28.4 Å². The molecule has 29 heavy (non-hydrogen) atoms. The predicted octanol–water partition coefficient (Wildman–Crippen LogP) is 5.08. The summed E-state index contributed by atoms with van der Waals surface area (Å²) in [6.45, 7) is 6.51. The van der Waals surface area contributed by atoms with Gasteiger partial charge in [-0.05, 0) is 74.4 Å². The van der Waals surface area contributed by atoms with Crippen molar-refractivity contribution in [3.05, 3.63) is 77.0 Å². The lowest BCUT2D eigenvalue weighted by atomic mass is 10.1. The number of pyridine rings is 1. The largest absolute Gasteiger partial charge is 0.322 e. The van der Waals surface area contributed by atoms with E-state index in [0.717, 1.165) is 21.7 Å². The monoisotopic (exact) mass is 403 g/mol. The molecular weight excluding hydrogens is 382 g/mol. The second-order valence-corrected chi connectivity index (χ2v) is 7.97. The molecule has 2 amide bonds. The van der Waals surface area contributed by atoms with Gasteiger partial charge in [0.05, 0.1) is 11.3 Å². The van der Waals surface area contributed by atoms with E-state index in [2.05, 4.69) is 10.3 Å². The van der Waals surface area contributed by atoms with Crippen LogP contribution in [-0.4, -0.2) is 23.3 Å². The number of carbonyl (C=O) groups is 2. The van der Waals surface area contributed by atoms with E-state index in [1.54, 1.807) is 23.2 Å². The first kappa shape index (κ1) is 19.2. The maximum Gasteiger partial charge on any atom is 0.261 e. The van der Waals surface area contributed by atoms with Gasteiger partial charge < -0.3 is 10.2 Å². The normalized spacial score (nSPS) is 12.8. The Labute approximate surface area is 174 Å². The van der Waals surface area contributed by atoms with Crippen LogP contribution in [0.3, 0.4) is 0 Å². The molecule has 0 aliphatic carbocycles. The van der Waals surface area contributed by atoms with Gasteiger partial charge >= 0.3 is 0 Å². The molecule has 5 nitrogen and oxygen atoms in total. The quantitative estimate of drug-likeness (QED) is 0.662. The smallest absolute Gasteiger partial charge is 0.261 e. The number of hydrogen-bond acceptors (Lipinski definition) is 4. The lowest BCUT2D eigenvalue weighted by Gasteiger charge is -2.21. The molecule has 0 radical (unpaired) electrons. The van der Waals surface area contributed by atoms with Gasteiger partial charge in [0, 0.05) is 28.9 Å². The molecule has 0 bridgehead atoms. The predicted molar refractivity (Wildman–Crippen MR) is 116 cm³/mol. The minimum atomic E-state index is -0.159. The Morgan fingerprint density at radius 1 is 1.10 bits per heavy atom. The van der Waals surface area contributed by atoms with Crippen LogP contribution in [0.15, 0.2) is 64.6 Å². The Hall–Kier alpha value is -3.12. The van der Waals surface area contributed by atoms with Crippen LogP contribution in [0, 0.1) is 13.8 Å². The first-order chi connectivity index (χ1) is 14.0. The lowest BCUT2D eigenvalue weighted by molar-refractivity contribution is 0.0983. The zero-order valence-electron chi connectivity index (χ0n) is 16.5. The zero-order chi connectivity index (χ0) is 20.5. The van der Waals surface area contributed by atoms with Gasteiger partial charge in [0.1, 0.15) is 5.03 Å². The van der Waals surface area contributed by atoms with Crippen molar-refractivity contribution in [1.82, 2.24) is 4.98 Å². The van der Waals surface area contributed by atoms with E-state index in [4.69, 9.17) is 0 Å². The van der Waals surface area contributed by atoms with Crippen molar-refractivity contribution in [2.24, 2.45) is 0 Å². The highest BCUT2D eigenvalue weighted by atomic mass is 32.2. The van der Waals surface area contributed by atoms with Crippen molar-refractivity contribution in [3.8, 4) is 0 Å². The van der Waals surface area contributed by atoms with E-state index in [9.17, 15) is 9.59 Å². The van der Waals surface area contributed by atoms with Crippen molar-refractivity contribution in [3.63, 3.8) is 0 Å². The third kappa shape index (κ3) is 3.63. The van der Waals surface area contributed by atoms with Crippen molar-refractivity contribution in [2.75, 3.05) is 16.8 Å². The molecule has 1 aliphatic heterocycles. The third-order valence-corrected chi connectivity index (χ3v) is 6.11. The molecule has 4 rings (SSSR count). The first-order valence-corrected chi connectivity index (χ1v) is 10.3. The Morgan fingerprint density at radius 2 is 1.93 bits per heavy atom. The fourth-order valence-corrected chi connectivity index (χ4v) is 4.35.